The maximum atomic E-state index is 11.8. The maximum Gasteiger partial charge on any atom is 0.141 e. The third-order valence-corrected chi connectivity index (χ3v) is 2.75. The molecule has 0 aromatic carbocycles. The molecule has 0 aromatic heterocycles. The summed E-state index contributed by atoms with van der Waals surface area (Å²) in [6, 6.07) is 0. The summed E-state index contributed by atoms with van der Waals surface area (Å²) in [4.78, 5) is 11.8. The molecule has 0 aliphatic carbocycles. The van der Waals surface area contributed by atoms with Crippen molar-refractivity contribution in [2.45, 2.75) is 40.5 Å². The van der Waals surface area contributed by atoms with Crippen LogP contribution in [0.3, 0.4) is 0 Å². The van der Waals surface area contributed by atoms with Crippen molar-refractivity contribution in [2.75, 3.05) is 13.7 Å². The third-order valence-electron chi connectivity index (χ3n) is 2.75. The molecule has 0 radical (unpaired) electrons. The van der Waals surface area contributed by atoms with Crippen LogP contribution in [0.15, 0.2) is 0 Å². The lowest BCUT2D eigenvalue weighted by molar-refractivity contribution is -0.131. The largest absolute Gasteiger partial charge is 0.385 e. The van der Waals surface area contributed by atoms with E-state index in [1.54, 1.807) is 7.11 Å². The Morgan fingerprint density at radius 2 is 2.00 bits per heavy atom. The van der Waals surface area contributed by atoms with E-state index in [1.165, 1.54) is 0 Å². The van der Waals surface area contributed by atoms with Crippen molar-refractivity contribution >= 4 is 5.78 Å². The topological polar surface area (TPSA) is 26.3 Å². The number of rotatable bonds is 6. The van der Waals surface area contributed by atoms with Crippen LogP contribution in [0, 0.1) is 11.3 Å². The van der Waals surface area contributed by atoms with Crippen LogP contribution in [-0.2, 0) is 9.53 Å². The highest BCUT2D eigenvalue weighted by atomic mass is 16.5. The third kappa shape index (κ3) is 3.90. The molecule has 1 unspecified atom stereocenters. The van der Waals surface area contributed by atoms with E-state index >= 15 is 0 Å². The molecule has 0 N–H and O–H groups in total. The highest BCUT2D eigenvalue weighted by Crippen LogP contribution is 2.26. The predicted molar refractivity (Wildman–Crippen MR) is 54.7 cm³/mol. The molecular weight excluding hydrogens is 164 g/mol. The quantitative estimate of drug-likeness (QED) is 0.637. The van der Waals surface area contributed by atoms with Gasteiger partial charge in [0.1, 0.15) is 5.78 Å². The van der Waals surface area contributed by atoms with Gasteiger partial charge < -0.3 is 4.74 Å². The van der Waals surface area contributed by atoms with E-state index in [9.17, 15) is 4.79 Å². The van der Waals surface area contributed by atoms with E-state index in [0.717, 1.165) is 12.8 Å². The monoisotopic (exact) mass is 186 g/mol. The van der Waals surface area contributed by atoms with Crippen LogP contribution in [0.25, 0.3) is 0 Å². The van der Waals surface area contributed by atoms with E-state index in [0.29, 0.717) is 12.4 Å². The van der Waals surface area contributed by atoms with Crippen molar-refractivity contribution in [1.29, 1.82) is 0 Å². The molecule has 0 saturated heterocycles. The summed E-state index contributed by atoms with van der Waals surface area (Å²) in [7, 11) is 1.67. The fraction of sp³-hybridized carbons (Fsp3) is 0.909. The van der Waals surface area contributed by atoms with Gasteiger partial charge in [-0.05, 0) is 12.8 Å². The Balaban J connectivity index is 4.09. The number of Topliss-reactive ketones (excluding diaryl/α,β-unsaturated/α-hetero) is 1. The van der Waals surface area contributed by atoms with Crippen LogP contribution in [0.4, 0.5) is 0 Å². The number of hydrogen-bond acceptors (Lipinski definition) is 2. The zero-order valence-corrected chi connectivity index (χ0v) is 9.52. The zero-order valence-electron chi connectivity index (χ0n) is 9.52. The standard InChI is InChI=1S/C11H22O2/c1-6-11(3,4)10(12)9(2)7-8-13-5/h9H,6-8H2,1-5H3. The molecular formula is C11H22O2. The second-order valence-corrected chi connectivity index (χ2v) is 4.28. The van der Waals surface area contributed by atoms with E-state index in [4.69, 9.17) is 4.74 Å². The van der Waals surface area contributed by atoms with Crippen molar-refractivity contribution in [3.63, 3.8) is 0 Å². The fourth-order valence-electron chi connectivity index (χ4n) is 1.27. The van der Waals surface area contributed by atoms with Gasteiger partial charge >= 0.3 is 0 Å². The first kappa shape index (κ1) is 12.6. The van der Waals surface area contributed by atoms with E-state index in [2.05, 4.69) is 6.92 Å². The van der Waals surface area contributed by atoms with Crippen molar-refractivity contribution in [3.8, 4) is 0 Å². The van der Waals surface area contributed by atoms with Gasteiger partial charge in [0.15, 0.2) is 0 Å². The maximum absolute atomic E-state index is 11.8. The minimum absolute atomic E-state index is 0.120. The van der Waals surface area contributed by atoms with Gasteiger partial charge in [0, 0.05) is 25.0 Å². The van der Waals surface area contributed by atoms with Crippen LogP contribution >= 0.6 is 0 Å². The van der Waals surface area contributed by atoms with Crippen molar-refractivity contribution in [2.24, 2.45) is 11.3 Å². The molecule has 0 aliphatic heterocycles. The number of hydrogen-bond donors (Lipinski definition) is 0. The summed E-state index contributed by atoms with van der Waals surface area (Å²) in [5.74, 6) is 0.474. The van der Waals surface area contributed by atoms with Gasteiger partial charge in [-0.1, -0.05) is 27.7 Å². The summed E-state index contributed by atoms with van der Waals surface area (Å²) in [6.07, 6.45) is 1.74. The molecule has 0 aliphatic rings. The summed E-state index contributed by atoms with van der Waals surface area (Å²) in [5, 5.41) is 0. The molecule has 0 spiro atoms. The summed E-state index contributed by atoms with van der Waals surface area (Å²) >= 11 is 0. The van der Waals surface area contributed by atoms with Crippen LogP contribution < -0.4 is 0 Å². The Morgan fingerprint density at radius 1 is 1.46 bits per heavy atom. The molecule has 1 atom stereocenters. The number of ketones is 1. The van der Waals surface area contributed by atoms with Gasteiger partial charge in [-0.25, -0.2) is 0 Å². The van der Waals surface area contributed by atoms with Crippen molar-refractivity contribution in [1.82, 2.24) is 0 Å². The second-order valence-electron chi connectivity index (χ2n) is 4.28. The van der Waals surface area contributed by atoms with E-state index < -0.39 is 0 Å². The molecule has 2 heteroatoms. The normalized spacial score (nSPS) is 14.2. The minimum Gasteiger partial charge on any atom is -0.385 e. The molecule has 0 bridgehead atoms. The van der Waals surface area contributed by atoms with Gasteiger partial charge in [0.2, 0.25) is 0 Å². The van der Waals surface area contributed by atoms with Crippen LogP contribution in [0.1, 0.15) is 40.5 Å². The first-order valence-electron chi connectivity index (χ1n) is 4.99. The number of ether oxygens (including phenoxy) is 1. The highest BCUT2D eigenvalue weighted by Gasteiger charge is 2.28. The second kappa shape index (κ2) is 5.38. The number of methoxy groups -OCH3 is 1. The summed E-state index contributed by atoms with van der Waals surface area (Å²) < 4.78 is 4.96. The number of carbonyl (C=O) groups excluding carboxylic acids is 1. The van der Waals surface area contributed by atoms with Gasteiger partial charge in [-0.15, -0.1) is 0 Å². The molecule has 78 valence electrons. The highest BCUT2D eigenvalue weighted by molar-refractivity contribution is 5.85. The number of carbonyl (C=O) groups is 1. The van der Waals surface area contributed by atoms with Gasteiger partial charge in [-0.2, -0.15) is 0 Å². The Kier molecular flexibility index (Phi) is 5.23. The molecule has 0 aromatic rings. The van der Waals surface area contributed by atoms with Crippen LogP contribution in [-0.4, -0.2) is 19.5 Å². The van der Waals surface area contributed by atoms with Crippen LogP contribution in [0.2, 0.25) is 0 Å². The Bertz CT molecular complexity index is 161. The minimum atomic E-state index is -0.173. The van der Waals surface area contributed by atoms with Crippen molar-refractivity contribution in [3.05, 3.63) is 0 Å². The predicted octanol–water partition coefficient (Wildman–Crippen LogP) is 2.66. The van der Waals surface area contributed by atoms with E-state index in [-0.39, 0.29) is 11.3 Å². The molecule has 0 heterocycles. The molecule has 0 rings (SSSR count). The van der Waals surface area contributed by atoms with Gasteiger partial charge in [0.05, 0.1) is 0 Å². The SMILES string of the molecule is CCC(C)(C)C(=O)C(C)CCOC. The van der Waals surface area contributed by atoms with Crippen molar-refractivity contribution < 1.29 is 9.53 Å². The lowest BCUT2D eigenvalue weighted by Crippen LogP contribution is -2.29. The Hall–Kier alpha value is -0.370. The van der Waals surface area contributed by atoms with Gasteiger partial charge in [0.25, 0.3) is 0 Å². The lowest BCUT2D eigenvalue weighted by atomic mass is 9.79. The molecule has 0 amide bonds. The molecule has 0 saturated carbocycles. The van der Waals surface area contributed by atoms with Gasteiger partial charge in [-0.3, -0.25) is 4.79 Å². The molecule has 2 nitrogen and oxygen atoms in total. The molecule has 0 fully saturated rings. The van der Waals surface area contributed by atoms with Crippen LogP contribution in [0.5, 0.6) is 0 Å². The average molecular weight is 186 g/mol. The smallest absolute Gasteiger partial charge is 0.141 e. The fourth-order valence-corrected chi connectivity index (χ4v) is 1.27. The lowest BCUT2D eigenvalue weighted by Gasteiger charge is -2.24. The first-order chi connectivity index (χ1) is 5.95. The average Bonchev–Trinajstić information content (AvgIpc) is 2.12. The first-order valence-corrected chi connectivity index (χ1v) is 4.99. The Labute approximate surface area is 81.7 Å². The summed E-state index contributed by atoms with van der Waals surface area (Å²) in [6.45, 7) is 8.74. The van der Waals surface area contributed by atoms with E-state index in [1.807, 2.05) is 20.8 Å². The summed E-state index contributed by atoms with van der Waals surface area (Å²) in [5.41, 5.74) is -0.173. The zero-order chi connectivity index (χ0) is 10.5. The Morgan fingerprint density at radius 3 is 2.38 bits per heavy atom. The molecule has 13 heavy (non-hydrogen) atoms.